The summed E-state index contributed by atoms with van der Waals surface area (Å²) in [4.78, 5) is 16.0. The van der Waals surface area contributed by atoms with E-state index >= 15 is 0 Å². The molecule has 18 heavy (non-hydrogen) atoms. The van der Waals surface area contributed by atoms with Crippen LogP contribution in [0.2, 0.25) is 0 Å². The standard InChI is InChI=1S/C14H24N2OS/c1-10(13(17)16(5)6)15-9-11-7-8-12(18-11)14(2,3)4/h7-8,10,15H,9H2,1-6H3. The summed E-state index contributed by atoms with van der Waals surface area (Å²) in [5, 5.41) is 3.26. The van der Waals surface area contributed by atoms with Gasteiger partial charge in [-0.1, -0.05) is 20.8 Å². The zero-order valence-electron chi connectivity index (χ0n) is 12.2. The van der Waals surface area contributed by atoms with Crippen LogP contribution in [0.5, 0.6) is 0 Å². The molecule has 1 N–H and O–H groups in total. The molecular weight excluding hydrogens is 244 g/mol. The normalized spacial score (nSPS) is 13.4. The van der Waals surface area contributed by atoms with Crippen molar-refractivity contribution in [2.45, 2.75) is 45.7 Å². The molecule has 0 saturated heterocycles. The molecule has 0 saturated carbocycles. The van der Waals surface area contributed by atoms with Gasteiger partial charge in [0, 0.05) is 30.4 Å². The summed E-state index contributed by atoms with van der Waals surface area (Å²) >= 11 is 1.81. The Balaban J connectivity index is 2.54. The third kappa shape index (κ3) is 4.10. The van der Waals surface area contributed by atoms with Crippen molar-refractivity contribution in [1.29, 1.82) is 0 Å². The molecule has 0 radical (unpaired) electrons. The van der Waals surface area contributed by atoms with E-state index < -0.39 is 0 Å². The van der Waals surface area contributed by atoms with Crippen LogP contribution in [-0.2, 0) is 16.8 Å². The van der Waals surface area contributed by atoms with Crippen molar-refractivity contribution in [3.05, 3.63) is 21.9 Å². The second-order valence-electron chi connectivity index (χ2n) is 5.85. The van der Waals surface area contributed by atoms with Gasteiger partial charge in [-0.2, -0.15) is 0 Å². The molecule has 102 valence electrons. The first kappa shape index (κ1) is 15.2. The lowest BCUT2D eigenvalue weighted by molar-refractivity contribution is -0.130. The van der Waals surface area contributed by atoms with Crippen molar-refractivity contribution in [2.75, 3.05) is 14.1 Å². The molecule has 3 nitrogen and oxygen atoms in total. The second-order valence-corrected chi connectivity index (χ2v) is 7.02. The Labute approximate surface area is 114 Å². The highest BCUT2D eigenvalue weighted by molar-refractivity contribution is 7.12. The Kier molecular flexibility index (Phi) is 4.93. The summed E-state index contributed by atoms with van der Waals surface area (Å²) in [5.74, 6) is 0.114. The van der Waals surface area contributed by atoms with Gasteiger partial charge < -0.3 is 10.2 Å². The van der Waals surface area contributed by atoms with E-state index in [0.29, 0.717) is 0 Å². The molecular formula is C14H24N2OS. The third-order valence-electron chi connectivity index (χ3n) is 2.79. The van der Waals surface area contributed by atoms with Crippen molar-refractivity contribution in [2.24, 2.45) is 0 Å². The zero-order chi connectivity index (χ0) is 13.9. The number of carbonyl (C=O) groups excluding carboxylic acids is 1. The topological polar surface area (TPSA) is 32.3 Å². The fourth-order valence-electron chi connectivity index (χ4n) is 1.60. The molecule has 1 atom stereocenters. The number of rotatable bonds is 4. The van der Waals surface area contributed by atoms with Gasteiger partial charge in [-0.05, 0) is 24.5 Å². The average Bonchev–Trinajstić information content (AvgIpc) is 2.72. The van der Waals surface area contributed by atoms with Crippen molar-refractivity contribution in [3.63, 3.8) is 0 Å². The molecule has 1 rings (SSSR count). The monoisotopic (exact) mass is 268 g/mol. The number of carbonyl (C=O) groups is 1. The number of nitrogens with one attached hydrogen (secondary N) is 1. The fraction of sp³-hybridized carbons (Fsp3) is 0.643. The smallest absolute Gasteiger partial charge is 0.238 e. The van der Waals surface area contributed by atoms with Crippen LogP contribution in [-0.4, -0.2) is 30.9 Å². The predicted octanol–water partition coefficient (Wildman–Crippen LogP) is 2.61. The van der Waals surface area contributed by atoms with Crippen LogP contribution in [0.1, 0.15) is 37.4 Å². The fourth-order valence-corrected chi connectivity index (χ4v) is 2.62. The zero-order valence-corrected chi connectivity index (χ0v) is 13.0. The molecule has 0 aliphatic rings. The van der Waals surface area contributed by atoms with Gasteiger partial charge >= 0.3 is 0 Å². The number of amides is 1. The van der Waals surface area contributed by atoms with Gasteiger partial charge in [0.25, 0.3) is 0 Å². The first-order valence-corrected chi connectivity index (χ1v) is 7.07. The summed E-state index contributed by atoms with van der Waals surface area (Å²) in [7, 11) is 3.56. The first-order valence-electron chi connectivity index (χ1n) is 6.25. The van der Waals surface area contributed by atoms with Gasteiger partial charge in [0.05, 0.1) is 6.04 Å². The molecule has 0 aliphatic heterocycles. The van der Waals surface area contributed by atoms with Crippen LogP contribution in [0, 0.1) is 0 Å². The number of nitrogens with zero attached hydrogens (tertiary/aromatic N) is 1. The van der Waals surface area contributed by atoms with E-state index in [2.05, 4.69) is 38.2 Å². The number of likely N-dealkylation sites (N-methyl/N-ethyl adjacent to an activating group) is 1. The van der Waals surface area contributed by atoms with Gasteiger partial charge in [-0.3, -0.25) is 4.79 Å². The van der Waals surface area contributed by atoms with Crippen molar-refractivity contribution in [1.82, 2.24) is 10.2 Å². The van der Waals surface area contributed by atoms with E-state index in [0.717, 1.165) is 6.54 Å². The second kappa shape index (κ2) is 5.85. The van der Waals surface area contributed by atoms with Crippen LogP contribution >= 0.6 is 11.3 Å². The molecule has 0 aromatic carbocycles. The lowest BCUT2D eigenvalue weighted by atomic mass is 9.95. The molecule has 1 aromatic heterocycles. The highest BCUT2D eigenvalue weighted by Crippen LogP contribution is 2.29. The van der Waals surface area contributed by atoms with E-state index in [4.69, 9.17) is 0 Å². The first-order chi connectivity index (χ1) is 8.21. The van der Waals surface area contributed by atoms with Crippen LogP contribution in [0.25, 0.3) is 0 Å². The molecule has 1 amide bonds. The Bertz CT molecular complexity index is 404. The number of hydrogen-bond donors (Lipinski definition) is 1. The Morgan fingerprint density at radius 3 is 2.44 bits per heavy atom. The molecule has 4 heteroatoms. The lowest BCUT2D eigenvalue weighted by Crippen LogP contribution is -2.40. The highest BCUT2D eigenvalue weighted by Gasteiger charge is 2.17. The average molecular weight is 268 g/mol. The largest absolute Gasteiger partial charge is 0.347 e. The van der Waals surface area contributed by atoms with Gasteiger partial charge in [-0.15, -0.1) is 11.3 Å². The number of thiophene rings is 1. The minimum absolute atomic E-state index is 0.114. The van der Waals surface area contributed by atoms with Gasteiger partial charge in [0.2, 0.25) is 5.91 Å². The predicted molar refractivity (Wildman–Crippen MR) is 78.0 cm³/mol. The van der Waals surface area contributed by atoms with Crippen LogP contribution < -0.4 is 5.32 Å². The van der Waals surface area contributed by atoms with Gasteiger partial charge in [0.1, 0.15) is 0 Å². The Hall–Kier alpha value is -0.870. The van der Waals surface area contributed by atoms with E-state index in [1.165, 1.54) is 9.75 Å². The molecule has 0 bridgehead atoms. The van der Waals surface area contributed by atoms with Gasteiger partial charge in [-0.25, -0.2) is 0 Å². The van der Waals surface area contributed by atoms with E-state index in [1.807, 2.05) is 18.3 Å². The quantitative estimate of drug-likeness (QED) is 0.910. The Morgan fingerprint density at radius 2 is 2.00 bits per heavy atom. The molecule has 1 unspecified atom stereocenters. The molecule has 1 aromatic rings. The van der Waals surface area contributed by atoms with Crippen molar-refractivity contribution < 1.29 is 4.79 Å². The maximum atomic E-state index is 11.7. The minimum atomic E-state index is -0.139. The van der Waals surface area contributed by atoms with Gasteiger partial charge in [0.15, 0.2) is 0 Å². The summed E-state index contributed by atoms with van der Waals surface area (Å²) in [6, 6.07) is 4.19. The minimum Gasteiger partial charge on any atom is -0.347 e. The van der Waals surface area contributed by atoms with Crippen LogP contribution in [0.3, 0.4) is 0 Å². The van der Waals surface area contributed by atoms with E-state index in [1.54, 1.807) is 19.0 Å². The summed E-state index contributed by atoms with van der Waals surface area (Å²) in [6.45, 7) is 9.30. The SMILES string of the molecule is CC(NCc1ccc(C(C)(C)C)s1)C(=O)N(C)C. The van der Waals surface area contributed by atoms with Crippen molar-refractivity contribution >= 4 is 17.2 Å². The summed E-state index contributed by atoms with van der Waals surface area (Å²) in [6.07, 6.45) is 0. The van der Waals surface area contributed by atoms with Crippen LogP contribution in [0.15, 0.2) is 12.1 Å². The summed E-state index contributed by atoms with van der Waals surface area (Å²) in [5.41, 5.74) is 0.202. The lowest BCUT2D eigenvalue weighted by Gasteiger charge is -2.18. The highest BCUT2D eigenvalue weighted by atomic mass is 32.1. The van der Waals surface area contributed by atoms with E-state index in [-0.39, 0.29) is 17.4 Å². The van der Waals surface area contributed by atoms with E-state index in [9.17, 15) is 4.79 Å². The molecule has 0 spiro atoms. The third-order valence-corrected chi connectivity index (χ3v) is 4.31. The Morgan fingerprint density at radius 1 is 1.39 bits per heavy atom. The van der Waals surface area contributed by atoms with Crippen LogP contribution in [0.4, 0.5) is 0 Å². The summed E-state index contributed by atoms with van der Waals surface area (Å²) < 4.78 is 0. The molecule has 0 aliphatic carbocycles. The van der Waals surface area contributed by atoms with Crippen molar-refractivity contribution in [3.8, 4) is 0 Å². The molecule has 0 fully saturated rings. The maximum Gasteiger partial charge on any atom is 0.238 e. The molecule has 1 heterocycles. The number of hydrogen-bond acceptors (Lipinski definition) is 3. The maximum absolute atomic E-state index is 11.7.